The fourth-order valence-electron chi connectivity index (χ4n) is 1.90. The fraction of sp³-hybridized carbons (Fsp3) is 0.143. The van der Waals surface area contributed by atoms with Gasteiger partial charge in [0.05, 0.1) is 4.90 Å². The summed E-state index contributed by atoms with van der Waals surface area (Å²) in [6.07, 6.45) is 0. The lowest BCUT2D eigenvalue weighted by Gasteiger charge is -2.11. The second-order valence-corrected chi connectivity index (χ2v) is 6.99. The number of sulfone groups is 1. The lowest BCUT2D eigenvalue weighted by atomic mass is 10.2. The van der Waals surface area contributed by atoms with Crippen LogP contribution in [0.25, 0.3) is 0 Å². The Kier molecular flexibility index (Phi) is 4.29. The van der Waals surface area contributed by atoms with E-state index in [0.29, 0.717) is 5.02 Å². The van der Waals surface area contributed by atoms with E-state index in [1.807, 2.05) is 0 Å². The van der Waals surface area contributed by atoms with E-state index in [-0.39, 0.29) is 10.5 Å². The van der Waals surface area contributed by atoms with E-state index >= 15 is 0 Å². The molecule has 5 nitrogen and oxygen atoms in total. The van der Waals surface area contributed by atoms with Crippen molar-refractivity contribution in [1.29, 1.82) is 0 Å². The van der Waals surface area contributed by atoms with Gasteiger partial charge in [0.15, 0.2) is 0 Å². The van der Waals surface area contributed by atoms with Crippen LogP contribution in [0.4, 0.5) is 0 Å². The van der Waals surface area contributed by atoms with Gasteiger partial charge in [-0.2, -0.15) is 0 Å². The Labute approximate surface area is 127 Å². The predicted octanol–water partition coefficient (Wildman–Crippen LogP) is 3.40. The summed E-state index contributed by atoms with van der Waals surface area (Å²) in [5.41, 5.74) is 0.947. The highest BCUT2D eigenvalue weighted by atomic mass is 35.5. The average Bonchev–Trinajstić information content (AvgIpc) is 2.41. The van der Waals surface area contributed by atoms with Crippen LogP contribution in [0.3, 0.4) is 0 Å². The molecule has 0 aliphatic rings. The Morgan fingerprint density at radius 1 is 1.05 bits per heavy atom. The number of halogens is 1. The van der Waals surface area contributed by atoms with Gasteiger partial charge in [-0.15, -0.1) is 0 Å². The van der Waals surface area contributed by atoms with Gasteiger partial charge in [-0.05, 0) is 43.3 Å². The molecule has 0 saturated carbocycles. The van der Waals surface area contributed by atoms with Gasteiger partial charge in [0, 0.05) is 15.5 Å². The Hall–Kier alpha value is -1.92. The number of hydrogen-bond acceptors (Lipinski definition) is 4. The maximum atomic E-state index is 12.5. The molecule has 0 spiro atoms. The monoisotopic (exact) mass is 325 g/mol. The van der Waals surface area contributed by atoms with Crippen LogP contribution in [0.5, 0.6) is 0 Å². The molecule has 0 amide bonds. The molecule has 1 atom stereocenters. The molecule has 0 fully saturated rings. The quantitative estimate of drug-likeness (QED) is 0.637. The second kappa shape index (κ2) is 5.83. The number of nitrogens with zero attached hydrogens (tertiary/aromatic N) is 1. The van der Waals surface area contributed by atoms with Gasteiger partial charge in [0.1, 0.15) is 0 Å². The van der Waals surface area contributed by atoms with Crippen molar-refractivity contribution in [3.05, 3.63) is 74.8 Å². The molecule has 0 aliphatic carbocycles. The Morgan fingerprint density at radius 2 is 1.57 bits per heavy atom. The lowest BCUT2D eigenvalue weighted by Crippen LogP contribution is -2.21. The zero-order chi connectivity index (χ0) is 15.6. The van der Waals surface area contributed by atoms with Crippen molar-refractivity contribution in [3.8, 4) is 0 Å². The number of benzene rings is 2. The molecule has 110 valence electrons. The van der Waals surface area contributed by atoms with Gasteiger partial charge in [0.2, 0.25) is 0 Å². The first kappa shape index (κ1) is 15.5. The molecule has 1 unspecified atom stereocenters. The first-order valence-electron chi connectivity index (χ1n) is 6.02. The van der Waals surface area contributed by atoms with Crippen LogP contribution in [-0.4, -0.2) is 13.3 Å². The fourth-order valence-corrected chi connectivity index (χ4v) is 3.54. The van der Waals surface area contributed by atoms with E-state index in [1.165, 1.54) is 36.4 Å². The van der Waals surface area contributed by atoms with Gasteiger partial charge in [-0.25, -0.2) is 8.42 Å². The van der Waals surface area contributed by atoms with Gasteiger partial charge < -0.3 is 0 Å². The molecular weight excluding hydrogens is 314 g/mol. The molecule has 2 aromatic rings. The Balaban J connectivity index is 2.54. The summed E-state index contributed by atoms with van der Waals surface area (Å²) in [5, 5.41) is 9.80. The lowest BCUT2D eigenvalue weighted by molar-refractivity contribution is -0.502. The van der Waals surface area contributed by atoms with E-state index < -0.39 is 20.1 Å². The summed E-state index contributed by atoms with van der Waals surface area (Å²) < 4.78 is 25.0. The van der Waals surface area contributed by atoms with Crippen LogP contribution >= 0.6 is 11.6 Å². The zero-order valence-corrected chi connectivity index (χ0v) is 12.6. The summed E-state index contributed by atoms with van der Waals surface area (Å²) in [6, 6.07) is 11.5. The summed E-state index contributed by atoms with van der Waals surface area (Å²) in [7, 11) is -4.13. The van der Waals surface area contributed by atoms with Crippen LogP contribution in [0, 0.1) is 17.0 Å². The zero-order valence-electron chi connectivity index (χ0n) is 11.1. The van der Waals surface area contributed by atoms with Crippen molar-refractivity contribution in [3.63, 3.8) is 0 Å². The predicted molar refractivity (Wildman–Crippen MR) is 79.6 cm³/mol. The van der Waals surface area contributed by atoms with Crippen LogP contribution in [0.15, 0.2) is 53.4 Å². The summed E-state index contributed by atoms with van der Waals surface area (Å²) in [5.74, 6) is 0. The van der Waals surface area contributed by atoms with Crippen molar-refractivity contribution in [2.45, 2.75) is 17.2 Å². The molecule has 21 heavy (non-hydrogen) atoms. The van der Waals surface area contributed by atoms with E-state index in [9.17, 15) is 18.5 Å². The van der Waals surface area contributed by atoms with Gasteiger partial charge in [-0.1, -0.05) is 29.3 Å². The molecule has 0 saturated heterocycles. The first-order chi connectivity index (χ1) is 9.82. The smallest absolute Gasteiger partial charge is 0.263 e. The highest BCUT2D eigenvalue weighted by Gasteiger charge is 2.39. The number of aryl methyl sites for hydroxylation is 1. The highest BCUT2D eigenvalue weighted by Crippen LogP contribution is 2.30. The van der Waals surface area contributed by atoms with E-state index in [4.69, 9.17) is 11.6 Å². The standard InChI is InChI=1S/C14H12ClNO4S/c1-10-2-8-13(9-3-10)21(19,20)14(16(17)18)11-4-6-12(15)7-5-11/h2-9,14H,1H3. The van der Waals surface area contributed by atoms with Gasteiger partial charge >= 0.3 is 5.37 Å². The normalized spacial score (nSPS) is 12.9. The van der Waals surface area contributed by atoms with Gasteiger partial charge in [0.25, 0.3) is 9.84 Å². The van der Waals surface area contributed by atoms with Crippen molar-refractivity contribution < 1.29 is 13.3 Å². The third-order valence-corrected chi connectivity index (χ3v) is 5.20. The molecular formula is C14H12ClNO4S. The Morgan fingerprint density at radius 3 is 2.05 bits per heavy atom. The van der Waals surface area contributed by atoms with Crippen LogP contribution in [-0.2, 0) is 9.84 Å². The Bertz CT molecular complexity index is 755. The SMILES string of the molecule is Cc1ccc(S(=O)(=O)C(c2ccc(Cl)cc2)[N+](=O)[O-])cc1. The van der Waals surface area contributed by atoms with E-state index in [2.05, 4.69) is 0 Å². The minimum atomic E-state index is -4.13. The molecule has 2 aromatic carbocycles. The molecule has 0 aliphatic heterocycles. The maximum absolute atomic E-state index is 12.5. The average molecular weight is 326 g/mol. The van der Waals surface area contributed by atoms with E-state index in [0.717, 1.165) is 5.56 Å². The first-order valence-corrected chi connectivity index (χ1v) is 7.94. The summed E-state index contributed by atoms with van der Waals surface area (Å²) >= 11 is 5.73. The van der Waals surface area contributed by atoms with Gasteiger partial charge in [-0.3, -0.25) is 10.1 Å². The third kappa shape index (κ3) is 3.22. The number of rotatable bonds is 4. The molecule has 0 bridgehead atoms. The van der Waals surface area contributed by atoms with Crippen molar-refractivity contribution in [2.24, 2.45) is 0 Å². The second-order valence-electron chi connectivity index (χ2n) is 4.55. The van der Waals surface area contributed by atoms with Crippen molar-refractivity contribution in [1.82, 2.24) is 0 Å². The van der Waals surface area contributed by atoms with Crippen molar-refractivity contribution in [2.75, 3.05) is 0 Å². The molecule has 0 aromatic heterocycles. The third-order valence-electron chi connectivity index (χ3n) is 2.99. The van der Waals surface area contributed by atoms with Crippen LogP contribution in [0.2, 0.25) is 5.02 Å². The summed E-state index contributed by atoms with van der Waals surface area (Å²) in [4.78, 5) is 10.4. The largest absolute Gasteiger partial charge is 0.339 e. The van der Waals surface area contributed by atoms with Crippen LogP contribution in [0.1, 0.15) is 16.5 Å². The number of nitro groups is 1. The van der Waals surface area contributed by atoms with E-state index in [1.54, 1.807) is 19.1 Å². The molecule has 7 heteroatoms. The molecule has 0 heterocycles. The topological polar surface area (TPSA) is 77.3 Å². The minimum absolute atomic E-state index is 0.0741. The highest BCUT2D eigenvalue weighted by molar-refractivity contribution is 7.91. The number of hydrogen-bond donors (Lipinski definition) is 0. The maximum Gasteiger partial charge on any atom is 0.339 e. The van der Waals surface area contributed by atoms with Crippen LogP contribution < -0.4 is 0 Å². The molecule has 2 rings (SSSR count). The molecule has 0 radical (unpaired) electrons. The minimum Gasteiger partial charge on any atom is -0.263 e. The summed E-state index contributed by atoms with van der Waals surface area (Å²) in [6.45, 7) is 1.81. The van der Waals surface area contributed by atoms with Crippen molar-refractivity contribution >= 4 is 21.4 Å². The molecule has 0 N–H and O–H groups in total.